The number of Topliss-reactive ketones (excluding diaryl/α,β-unsaturated/α-hetero) is 1. The molecule has 2 aliphatic heterocycles. The molecule has 0 unspecified atom stereocenters. The lowest BCUT2D eigenvalue weighted by Gasteiger charge is -2.24. The maximum atomic E-state index is 13.9. The minimum absolute atomic E-state index is 0.0701. The van der Waals surface area contributed by atoms with Gasteiger partial charge in [0.05, 0.1) is 47.0 Å². The maximum Gasteiger partial charge on any atom is 0.310 e. The fourth-order valence-corrected chi connectivity index (χ4v) is 7.88. The van der Waals surface area contributed by atoms with Gasteiger partial charge in [0, 0.05) is 48.6 Å². The van der Waals surface area contributed by atoms with Crippen LogP contribution in [0.25, 0.3) is 22.3 Å². The van der Waals surface area contributed by atoms with Crippen molar-refractivity contribution in [2.24, 2.45) is 17.3 Å². The molecule has 3 aliphatic rings. The molecule has 9 nitrogen and oxygen atoms in total. The molecule has 1 saturated carbocycles. The molecule has 244 valence electrons. The summed E-state index contributed by atoms with van der Waals surface area (Å²) >= 11 is 1.61. The molecule has 0 spiro atoms. The molecule has 0 bridgehead atoms. The van der Waals surface area contributed by atoms with Crippen molar-refractivity contribution in [2.45, 2.75) is 90.2 Å². The van der Waals surface area contributed by atoms with Crippen molar-refractivity contribution >= 4 is 39.9 Å². The van der Waals surface area contributed by atoms with E-state index in [9.17, 15) is 19.5 Å². The Morgan fingerprint density at radius 3 is 2.74 bits per heavy atom. The highest BCUT2D eigenvalue weighted by atomic mass is 32.1. The van der Waals surface area contributed by atoms with Crippen LogP contribution in [0.1, 0.15) is 76.6 Å². The summed E-state index contributed by atoms with van der Waals surface area (Å²) in [7, 11) is 1.61. The van der Waals surface area contributed by atoms with Gasteiger partial charge in [-0.2, -0.15) is 0 Å². The summed E-state index contributed by atoms with van der Waals surface area (Å²) < 4.78 is 12.1. The number of hydrogen-bond donors (Lipinski definition) is 1. The van der Waals surface area contributed by atoms with Crippen LogP contribution in [0.5, 0.6) is 11.5 Å². The summed E-state index contributed by atoms with van der Waals surface area (Å²) in [6.07, 6.45) is 10.2. The Labute approximate surface area is 274 Å². The van der Waals surface area contributed by atoms with Gasteiger partial charge in [0.25, 0.3) is 0 Å². The number of carboxylic acids is 1. The smallest absolute Gasteiger partial charge is 0.310 e. The second-order valence-corrected chi connectivity index (χ2v) is 14.4. The number of allylic oxidation sites excluding steroid dienone is 2. The molecule has 4 atom stereocenters. The molecule has 2 aromatic heterocycles. The quantitative estimate of drug-likeness (QED) is 0.277. The molecule has 4 heterocycles. The Kier molecular flexibility index (Phi) is 9.45. The van der Waals surface area contributed by atoms with Crippen LogP contribution in [-0.4, -0.2) is 63.4 Å². The molecular weight excluding hydrogens is 602 g/mol. The molecule has 46 heavy (non-hydrogen) atoms. The highest BCUT2D eigenvalue weighted by Crippen LogP contribution is 2.57. The largest absolute Gasteiger partial charge is 0.497 e. The van der Waals surface area contributed by atoms with Gasteiger partial charge in [-0.25, -0.2) is 9.97 Å². The Morgan fingerprint density at radius 2 is 1.96 bits per heavy atom. The first kappa shape index (κ1) is 32.2. The first-order valence-corrected chi connectivity index (χ1v) is 17.4. The average Bonchev–Trinajstić information content (AvgIpc) is 3.32. The van der Waals surface area contributed by atoms with E-state index < -0.39 is 23.5 Å². The van der Waals surface area contributed by atoms with E-state index in [4.69, 9.17) is 19.4 Å². The lowest BCUT2D eigenvalue weighted by molar-refractivity contribution is -0.147. The number of rotatable bonds is 7. The van der Waals surface area contributed by atoms with Crippen LogP contribution in [-0.2, 0) is 20.8 Å². The number of aromatic nitrogens is 2. The number of fused-ring (bicyclic) bond motifs is 3. The van der Waals surface area contributed by atoms with Crippen molar-refractivity contribution in [2.75, 3.05) is 13.7 Å². The van der Waals surface area contributed by atoms with Crippen LogP contribution in [0, 0.1) is 17.3 Å². The number of ether oxygens (including phenoxy) is 2. The van der Waals surface area contributed by atoms with E-state index in [1.54, 1.807) is 23.3 Å². The number of benzene rings is 1. The Morgan fingerprint density at radius 1 is 1.13 bits per heavy atom. The zero-order chi connectivity index (χ0) is 32.4. The third-order valence-electron chi connectivity index (χ3n) is 9.55. The normalized spacial score (nSPS) is 26.3. The summed E-state index contributed by atoms with van der Waals surface area (Å²) in [6, 6.07) is 6.81. The van der Waals surface area contributed by atoms with E-state index in [1.807, 2.05) is 35.7 Å². The maximum absolute atomic E-state index is 13.9. The zero-order valence-electron chi connectivity index (χ0n) is 26.9. The predicted octanol–water partition coefficient (Wildman–Crippen LogP) is 6.87. The lowest BCUT2D eigenvalue weighted by Crippen LogP contribution is -2.42. The van der Waals surface area contributed by atoms with Gasteiger partial charge in [0.1, 0.15) is 17.6 Å². The summed E-state index contributed by atoms with van der Waals surface area (Å²) in [5.74, 6) is 0.404. The second kappa shape index (κ2) is 13.5. The monoisotopic (exact) mass is 645 g/mol. The Bertz CT molecular complexity index is 1650. The van der Waals surface area contributed by atoms with Gasteiger partial charge < -0.3 is 19.5 Å². The number of carboxylic acid groups (broad SMARTS) is 1. The Balaban J connectivity index is 1.30. The number of pyridine rings is 1. The van der Waals surface area contributed by atoms with Gasteiger partial charge in [-0.3, -0.25) is 14.4 Å². The number of hydrogen-bond acceptors (Lipinski definition) is 8. The number of nitrogens with zero attached hydrogens (tertiary/aromatic N) is 3. The number of aliphatic carboxylic acids is 1. The summed E-state index contributed by atoms with van der Waals surface area (Å²) in [6.45, 7) is 4.60. The van der Waals surface area contributed by atoms with Crippen LogP contribution in [0.2, 0.25) is 0 Å². The number of carbonyl (C=O) groups excluding carboxylic acids is 2. The van der Waals surface area contributed by atoms with Crippen LogP contribution in [0.3, 0.4) is 0 Å². The van der Waals surface area contributed by atoms with E-state index in [0.29, 0.717) is 47.9 Å². The fraction of sp³-hybridized carbons (Fsp3) is 0.528. The van der Waals surface area contributed by atoms with E-state index in [-0.39, 0.29) is 30.6 Å². The van der Waals surface area contributed by atoms with Gasteiger partial charge >= 0.3 is 5.97 Å². The van der Waals surface area contributed by atoms with Crippen molar-refractivity contribution in [1.82, 2.24) is 14.9 Å². The molecule has 1 N–H and O–H groups in total. The van der Waals surface area contributed by atoms with E-state index in [1.165, 1.54) is 0 Å². The van der Waals surface area contributed by atoms with Gasteiger partial charge in [0.2, 0.25) is 5.91 Å². The minimum atomic E-state index is -1.08. The third-order valence-corrected chi connectivity index (χ3v) is 10.4. The molecule has 0 radical (unpaired) electrons. The van der Waals surface area contributed by atoms with Crippen LogP contribution in [0.4, 0.5) is 0 Å². The first-order chi connectivity index (χ1) is 22.2. The standard InChI is InChI=1S/C36H43N3O6S/c1-22(2)14-33-38-29(21-46-33)28-17-32(26-13-12-24(44-3)15-27(26)37-28)45-25-16-30-31(40)19-36(35(42)43)18-23(36)10-8-6-4-5-7-9-11-34(41)39(30)20-25/h8,10,12-13,15,17,21-23,25,30H,4-7,9,11,14,16,18-20H2,1-3H3,(H,42,43)/b10-8-/t23-,25-,30+,36-/m1/s1. The van der Waals surface area contributed by atoms with E-state index in [2.05, 4.69) is 19.9 Å². The van der Waals surface area contributed by atoms with Crippen molar-refractivity contribution in [3.05, 3.63) is 46.8 Å². The molecule has 3 aromatic rings. The van der Waals surface area contributed by atoms with Crippen LogP contribution < -0.4 is 9.47 Å². The molecular formula is C36H43N3O6S. The average molecular weight is 646 g/mol. The van der Waals surface area contributed by atoms with Gasteiger partial charge in [-0.1, -0.05) is 38.8 Å². The van der Waals surface area contributed by atoms with E-state index >= 15 is 0 Å². The van der Waals surface area contributed by atoms with Crippen molar-refractivity contribution in [3.8, 4) is 22.9 Å². The van der Waals surface area contributed by atoms with Gasteiger partial charge in [-0.05, 0) is 49.7 Å². The second-order valence-electron chi connectivity index (χ2n) is 13.4. The molecule has 1 aliphatic carbocycles. The van der Waals surface area contributed by atoms with Crippen molar-refractivity contribution < 1.29 is 29.0 Å². The minimum Gasteiger partial charge on any atom is -0.497 e. The van der Waals surface area contributed by atoms with Crippen LogP contribution >= 0.6 is 11.3 Å². The van der Waals surface area contributed by atoms with Gasteiger partial charge in [-0.15, -0.1) is 11.3 Å². The zero-order valence-corrected chi connectivity index (χ0v) is 27.7. The first-order valence-electron chi connectivity index (χ1n) is 16.5. The molecule has 1 aromatic carbocycles. The topological polar surface area (TPSA) is 119 Å². The summed E-state index contributed by atoms with van der Waals surface area (Å²) in [5, 5.41) is 14.0. The summed E-state index contributed by atoms with van der Waals surface area (Å²) in [5.41, 5.74) is 1.06. The van der Waals surface area contributed by atoms with Crippen LogP contribution in [0.15, 0.2) is 41.8 Å². The molecule has 1 saturated heterocycles. The fourth-order valence-electron chi connectivity index (χ4n) is 6.88. The number of thiazole rings is 1. The highest BCUT2D eigenvalue weighted by Gasteiger charge is 2.61. The van der Waals surface area contributed by atoms with Crippen molar-refractivity contribution in [3.63, 3.8) is 0 Å². The molecule has 10 heteroatoms. The predicted molar refractivity (Wildman–Crippen MR) is 177 cm³/mol. The molecule has 1 amide bonds. The van der Waals surface area contributed by atoms with Crippen molar-refractivity contribution in [1.29, 1.82) is 0 Å². The number of amides is 1. The van der Waals surface area contributed by atoms with Gasteiger partial charge in [0.15, 0.2) is 5.78 Å². The highest BCUT2D eigenvalue weighted by molar-refractivity contribution is 7.09. The number of methoxy groups -OCH3 is 1. The number of ketones is 1. The molecule has 6 rings (SSSR count). The summed E-state index contributed by atoms with van der Waals surface area (Å²) in [4.78, 5) is 51.2. The lowest BCUT2D eigenvalue weighted by atomic mass is 9.92. The number of carbonyl (C=O) groups is 3. The third kappa shape index (κ3) is 6.82. The Hall–Kier alpha value is -3.79. The van der Waals surface area contributed by atoms with E-state index in [0.717, 1.165) is 54.6 Å². The SMILES string of the molecule is COc1ccc2c(O[C@@H]3C[C@H]4C(=O)C[C@]5(C(=O)O)C[C@H]5/C=C\CCCCCCC(=O)N4C3)cc(-c3csc(CC(C)C)n3)nc2c1. The molecule has 2 fully saturated rings.